The van der Waals surface area contributed by atoms with Gasteiger partial charge < -0.3 is 9.64 Å². The number of benzene rings is 2. The van der Waals surface area contributed by atoms with Gasteiger partial charge in [0.2, 0.25) is 0 Å². The van der Waals surface area contributed by atoms with Crippen molar-refractivity contribution in [3.63, 3.8) is 0 Å². The summed E-state index contributed by atoms with van der Waals surface area (Å²) < 4.78 is 19.2. The van der Waals surface area contributed by atoms with Crippen molar-refractivity contribution in [2.45, 2.75) is 18.4 Å². The Labute approximate surface area is 154 Å². The minimum Gasteiger partial charge on any atom is -0.478 e. The first-order valence-corrected chi connectivity index (χ1v) is 9.10. The third-order valence-electron chi connectivity index (χ3n) is 4.05. The molecule has 26 heavy (non-hydrogen) atoms. The first kappa shape index (κ1) is 18.2. The molecule has 0 aromatic heterocycles. The predicted octanol–water partition coefficient (Wildman–Crippen LogP) is 3.78. The number of hydrogen-bond acceptors (Lipinski definition) is 5. The highest BCUT2D eigenvalue weighted by molar-refractivity contribution is 7.99. The average molecular weight is 376 g/mol. The molecule has 1 heterocycles. The van der Waals surface area contributed by atoms with Crippen molar-refractivity contribution in [2.75, 3.05) is 12.3 Å². The van der Waals surface area contributed by atoms with Crippen LogP contribution >= 0.6 is 11.8 Å². The number of carbonyl (C=O) groups is 1. The van der Waals surface area contributed by atoms with Gasteiger partial charge in [-0.1, -0.05) is 12.1 Å². The monoisotopic (exact) mass is 376 g/mol. The molecule has 8 heteroatoms. The molecule has 136 valence electrons. The van der Waals surface area contributed by atoms with E-state index in [2.05, 4.69) is 0 Å². The van der Waals surface area contributed by atoms with E-state index in [1.54, 1.807) is 47.9 Å². The van der Waals surface area contributed by atoms with Crippen molar-refractivity contribution in [1.29, 1.82) is 0 Å². The van der Waals surface area contributed by atoms with Crippen LogP contribution in [0.3, 0.4) is 0 Å². The van der Waals surface area contributed by atoms with Crippen molar-refractivity contribution in [3.05, 3.63) is 70.0 Å². The number of hydrogen-bond donors (Lipinski definition) is 0. The van der Waals surface area contributed by atoms with E-state index < -0.39 is 16.8 Å². The first-order valence-electron chi connectivity index (χ1n) is 8.05. The number of rotatable bonds is 5. The molecule has 2 aromatic carbocycles. The zero-order valence-electron chi connectivity index (χ0n) is 14.0. The van der Waals surface area contributed by atoms with Gasteiger partial charge in [-0.05, 0) is 36.8 Å². The lowest BCUT2D eigenvalue weighted by molar-refractivity contribution is -0.384. The van der Waals surface area contributed by atoms with Crippen molar-refractivity contribution < 1.29 is 18.8 Å². The molecule has 2 unspecified atom stereocenters. The zero-order valence-corrected chi connectivity index (χ0v) is 14.8. The average Bonchev–Trinajstić information content (AvgIpc) is 3.12. The van der Waals surface area contributed by atoms with Gasteiger partial charge in [0.25, 0.3) is 11.6 Å². The largest absolute Gasteiger partial charge is 0.478 e. The highest BCUT2D eigenvalue weighted by Crippen LogP contribution is 2.39. The van der Waals surface area contributed by atoms with E-state index in [1.165, 1.54) is 24.3 Å². The maximum absolute atomic E-state index is 13.7. The lowest BCUT2D eigenvalue weighted by Crippen LogP contribution is -2.40. The van der Waals surface area contributed by atoms with Crippen LogP contribution in [0.4, 0.5) is 10.1 Å². The van der Waals surface area contributed by atoms with Gasteiger partial charge in [0.1, 0.15) is 5.37 Å². The quantitative estimate of drug-likeness (QED) is 0.587. The molecular weight excluding hydrogens is 359 g/mol. The summed E-state index contributed by atoms with van der Waals surface area (Å²) in [6.45, 7) is 2.13. The molecule has 3 rings (SSSR count). The third-order valence-corrected chi connectivity index (χ3v) is 5.31. The van der Waals surface area contributed by atoms with Gasteiger partial charge in [-0.2, -0.15) is 0 Å². The number of nitrogens with zero attached hydrogens (tertiary/aromatic N) is 2. The highest BCUT2D eigenvalue weighted by atomic mass is 32.2. The Hall–Kier alpha value is -2.61. The Morgan fingerprint density at radius 3 is 2.65 bits per heavy atom. The smallest absolute Gasteiger partial charge is 0.269 e. The number of para-hydroxylation sites is 1. The van der Waals surface area contributed by atoms with Gasteiger partial charge in [-0.25, -0.2) is 4.39 Å². The fourth-order valence-electron chi connectivity index (χ4n) is 2.75. The summed E-state index contributed by atoms with van der Waals surface area (Å²) >= 11 is 1.58. The van der Waals surface area contributed by atoms with E-state index in [0.29, 0.717) is 6.54 Å². The third kappa shape index (κ3) is 3.80. The van der Waals surface area contributed by atoms with E-state index >= 15 is 0 Å². The van der Waals surface area contributed by atoms with E-state index in [0.717, 1.165) is 11.3 Å². The van der Waals surface area contributed by atoms with Crippen molar-refractivity contribution >= 4 is 23.4 Å². The van der Waals surface area contributed by atoms with Crippen molar-refractivity contribution in [2.24, 2.45) is 0 Å². The fourth-order valence-corrected chi connectivity index (χ4v) is 4.01. The number of amides is 1. The van der Waals surface area contributed by atoms with Gasteiger partial charge in [-0.15, -0.1) is 11.8 Å². The maximum atomic E-state index is 13.7. The van der Waals surface area contributed by atoms with Crippen molar-refractivity contribution in [1.82, 2.24) is 4.90 Å². The van der Waals surface area contributed by atoms with Crippen LogP contribution in [0.1, 0.15) is 17.9 Å². The summed E-state index contributed by atoms with van der Waals surface area (Å²) in [5.74, 6) is 0.0170. The van der Waals surface area contributed by atoms with Crippen LogP contribution in [-0.2, 0) is 4.79 Å². The van der Waals surface area contributed by atoms with Crippen LogP contribution in [-0.4, -0.2) is 34.1 Å². The number of halogens is 1. The van der Waals surface area contributed by atoms with Gasteiger partial charge in [0.15, 0.2) is 17.7 Å². The van der Waals surface area contributed by atoms with Crippen LogP contribution in [0.2, 0.25) is 0 Å². The zero-order chi connectivity index (χ0) is 18.7. The predicted molar refractivity (Wildman–Crippen MR) is 96.5 cm³/mol. The minimum atomic E-state index is -0.842. The minimum absolute atomic E-state index is 0.00544. The second-order valence-electron chi connectivity index (χ2n) is 5.79. The Kier molecular flexibility index (Phi) is 5.41. The van der Waals surface area contributed by atoms with Gasteiger partial charge >= 0.3 is 0 Å². The second kappa shape index (κ2) is 7.74. The van der Waals surface area contributed by atoms with Crippen LogP contribution in [0.25, 0.3) is 0 Å². The molecule has 0 radical (unpaired) electrons. The number of thioether (sulfide) groups is 1. The summed E-state index contributed by atoms with van der Waals surface area (Å²) in [6.07, 6.45) is -0.842. The van der Waals surface area contributed by atoms with Gasteiger partial charge in [-0.3, -0.25) is 14.9 Å². The highest BCUT2D eigenvalue weighted by Gasteiger charge is 2.34. The summed E-state index contributed by atoms with van der Waals surface area (Å²) in [4.78, 5) is 24.8. The standard InChI is InChI=1S/C18H17FN2O4S/c1-12(25-16-5-3-2-4-15(16)19)17(22)20-10-11-26-18(20)13-6-8-14(9-7-13)21(23)24/h2-9,12,18H,10-11H2,1H3. The number of nitro benzene ring substituents is 1. The second-order valence-corrected chi connectivity index (χ2v) is 6.98. The molecule has 0 N–H and O–H groups in total. The Balaban J connectivity index is 1.73. The Bertz CT molecular complexity index is 815. The molecule has 2 aromatic rings. The molecule has 0 spiro atoms. The molecular formula is C18H17FN2O4S. The lowest BCUT2D eigenvalue weighted by atomic mass is 10.2. The molecule has 1 saturated heterocycles. The van der Waals surface area contributed by atoms with Crippen LogP contribution in [0.5, 0.6) is 5.75 Å². The number of nitro groups is 1. The number of non-ortho nitro benzene ring substituents is 1. The summed E-state index contributed by atoms with van der Waals surface area (Å²) in [5.41, 5.74) is 0.815. The van der Waals surface area contributed by atoms with E-state index in [9.17, 15) is 19.3 Å². The van der Waals surface area contributed by atoms with Crippen LogP contribution in [0, 0.1) is 15.9 Å². The van der Waals surface area contributed by atoms with E-state index in [4.69, 9.17) is 4.74 Å². The van der Waals surface area contributed by atoms with Crippen molar-refractivity contribution in [3.8, 4) is 5.75 Å². The molecule has 0 aliphatic carbocycles. The number of carbonyl (C=O) groups excluding carboxylic acids is 1. The normalized spacial score (nSPS) is 17.8. The summed E-state index contributed by atoms with van der Waals surface area (Å²) in [5, 5.41) is 10.5. The molecule has 6 nitrogen and oxygen atoms in total. The maximum Gasteiger partial charge on any atom is 0.269 e. The van der Waals surface area contributed by atoms with Gasteiger partial charge in [0.05, 0.1) is 4.92 Å². The summed E-state index contributed by atoms with van der Waals surface area (Å²) in [7, 11) is 0. The molecule has 1 aliphatic heterocycles. The van der Waals surface area contributed by atoms with Gasteiger partial charge in [0, 0.05) is 24.4 Å². The lowest BCUT2D eigenvalue weighted by Gasteiger charge is -2.27. The molecule has 1 amide bonds. The van der Waals surface area contributed by atoms with Crippen LogP contribution in [0.15, 0.2) is 48.5 Å². The molecule has 2 atom stereocenters. The number of ether oxygens (including phenoxy) is 1. The topological polar surface area (TPSA) is 72.7 Å². The Morgan fingerprint density at radius 2 is 2.00 bits per heavy atom. The molecule has 1 fully saturated rings. The first-order chi connectivity index (χ1) is 12.5. The molecule has 0 saturated carbocycles. The van der Waals surface area contributed by atoms with E-state index in [-0.39, 0.29) is 22.7 Å². The van der Waals surface area contributed by atoms with Crippen LogP contribution < -0.4 is 4.74 Å². The molecule has 0 bridgehead atoms. The molecule has 1 aliphatic rings. The fraction of sp³-hybridized carbons (Fsp3) is 0.278. The Morgan fingerprint density at radius 1 is 1.31 bits per heavy atom. The SMILES string of the molecule is CC(Oc1ccccc1F)C(=O)N1CCSC1c1ccc([N+](=O)[O-])cc1. The summed E-state index contributed by atoms with van der Waals surface area (Å²) in [6, 6.07) is 12.1. The van der Waals surface area contributed by atoms with E-state index in [1.807, 2.05) is 0 Å².